The summed E-state index contributed by atoms with van der Waals surface area (Å²) in [7, 11) is 1.53. The van der Waals surface area contributed by atoms with Crippen LogP contribution in [0.25, 0.3) is 0 Å². The van der Waals surface area contributed by atoms with E-state index in [0.29, 0.717) is 18.7 Å². The van der Waals surface area contributed by atoms with Crippen molar-refractivity contribution < 1.29 is 14.6 Å². The number of nitrogens with zero attached hydrogens (tertiary/aromatic N) is 1. The molecule has 1 heterocycles. The molecule has 1 aromatic carbocycles. The summed E-state index contributed by atoms with van der Waals surface area (Å²) >= 11 is 0. The SMILES string of the molecule is COc1cc(C(C)NCCC(=O)N2CCCC2)ccc1O. The van der Waals surface area contributed by atoms with Gasteiger partial charge in [-0.05, 0) is 37.5 Å². The Hall–Kier alpha value is -1.75. The van der Waals surface area contributed by atoms with Crippen molar-refractivity contribution in [3.8, 4) is 11.5 Å². The van der Waals surface area contributed by atoms with Gasteiger partial charge in [-0.25, -0.2) is 0 Å². The number of rotatable bonds is 6. The van der Waals surface area contributed by atoms with Crippen molar-refractivity contribution in [2.75, 3.05) is 26.7 Å². The number of ether oxygens (including phenoxy) is 1. The van der Waals surface area contributed by atoms with Gasteiger partial charge in [0.25, 0.3) is 0 Å². The van der Waals surface area contributed by atoms with Crippen LogP contribution in [0.4, 0.5) is 0 Å². The van der Waals surface area contributed by atoms with Gasteiger partial charge in [-0.3, -0.25) is 4.79 Å². The van der Waals surface area contributed by atoms with Crippen molar-refractivity contribution in [3.63, 3.8) is 0 Å². The normalized spacial score (nSPS) is 16.0. The summed E-state index contributed by atoms with van der Waals surface area (Å²) in [5.74, 6) is 0.836. The third-order valence-electron chi connectivity index (χ3n) is 3.95. The Kier molecular flexibility index (Phi) is 5.44. The second-order valence-electron chi connectivity index (χ2n) is 5.44. The topological polar surface area (TPSA) is 61.8 Å². The van der Waals surface area contributed by atoms with E-state index in [9.17, 15) is 9.90 Å². The maximum atomic E-state index is 11.9. The predicted molar refractivity (Wildman–Crippen MR) is 81.5 cm³/mol. The third-order valence-corrected chi connectivity index (χ3v) is 3.95. The first-order valence-electron chi connectivity index (χ1n) is 7.50. The lowest BCUT2D eigenvalue weighted by Crippen LogP contribution is -2.31. The summed E-state index contributed by atoms with van der Waals surface area (Å²) in [5, 5.41) is 12.9. The number of carbonyl (C=O) groups is 1. The highest BCUT2D eigenvalue weighted by molar-refractivity contribution is 5.76. The first kappa shape index (κ1) is 15.6. The fourth-order valence-electron chi connectivity index (χ4n) is 2.60. The molecule has 2 N–H and O–H groups in total. The lowest BCUT2D eigenvalue weighted by atomic mass is 10.1. The maximum Gasteiger partial charge on any atom is 0.223 e. The number of benzene rings is 1. The van der Waals surface area contributed by atoms with Crippen LogP contribution < -0.4 is 10.1 Å². The first-order chi connectivity index (χ1) is 10.1. The van der Waals surface area contributed by atoms with Crippen LogP contribution in [0.1, 0.15) is 37.8 Å². The van der Waals surface area contributed by atoms with Crippen LogP contribution >= 0.6 is 0 Å². The van der Waals surface area contributed by atoms with Crippen molar-refractivity contribution in [2.45, 2.75) is 32.2 Å². The molecule has 1 fully saturated rings. The average Bonchev–Trinajstić information content (AvgIpc) is 3.01. The highest BCUT2D eigenvalue weighted by Gasteiger charge is 2.17. The summed E-state index contributed by atoms with van der Waals surface area (Å²) < 4.78 is 5.11. The molecule has 0 radical (unpaired) electrons. The van der Waals surface area contributed by atoms with Crippen LogP contribution in [0.15, 0.2) is 18.2 Å². The summed E-state index contributed by atoms with van der Waals surface area (Å²) in [6.45, 7) is 4.50. The summed E-state index contributed by atoms with van der Waals surface area (Å²) in [4.78, 5) is 13.9. The molecule has 5 nitrogen and oxygen atoms in total. The van der Waals surface area contributed by atoms with Gasteiger partial charge in [0.05, 0.1) is 7.11 Å². The van der Waals surface area contributed by atoms with E-state index in [0.717, 1.165) is 31.5 Å². The summed E-state index contributed by atoms with van der Waals surface area (Å²) in [6, 6.07) is 5.40. The third kappa shape index (κ3) is 4.11. The van der Waals surface area contributed by atoms with Crippen LogP contribution in [0.5, 0.6) is 11.5 Å². The zero-order chi connectivity index (χ0) is 15.2. The number of likely N-dealkylation sites (tertiary alicyclic amines) is 1. The standard InChI is InChI=1S/C16H24N2O3/c1-12(13-5-6-14(19)15(11-13)21-2)17-8-7-16(20)18-9-3-4-10-18/h5-6,11-12,17,19H,3-4,7-10H2,1-2H3. The van der Waals surface area contributed by atoms with E-state index in [-0.39, 0.29) is 17.7 Å². The van der Waals surface area contributed by atoms with Crippen LogP contribution in [0, 0.1) is 0 Å². The molecule has 0 saturated carbocycles. The average molecular weight is 292 g/mol. The molecule has 1 aliphatic rings. The molecule has 5 heteroatoms. The van der Waals surface area contributed by atoms with Gasteiger partial charge in [0.2, 0.25) is 5.91 Å². The van der Waals surface area contributed by atoms with Gasteiger partial charge in [-0.15, -0.1) is 0 Å². The fourth-order valence-corrected chi connectivity index (χ4v) is 2.60. The van der Waals surface area contributed by atoms with E-state index in [1.807, 2.05) is 24.0 Å². The molecule has 1 aliphatic heterocycles. The first-order valence-corrected chi connectivity index (χ1v) is 7.50. The van der Waals surface area contributed by atoms with E-state index in [2.05, 4.69) is 5.32 Å². The smallest absolute Gasteiger partial charge is 0.223 e. The molecule has 1 atom stereocenters. The van der Waals surface area contributed by atoms with E-state index in [1.54, 1.807) is 6.07 Å². The number of phenolic OH excluding ortho intramolecular Hbond substituents is 1. The predicted octanol–water partition coefficient (Wildman–Crippen LogP) is 2.06. The quantitative estimate of drug-likeness (QED) is 0.842. The van der Waals surface area contributed by atoms with Gasteiger partial charge in [-0.1, -0.05) is 6.07 Å². The van der Waals surface area contributed by atoms with E-state index in [1.165, 1.54) is 7.11 Å². The largest absolute Gasteiger partial charge is 0.504 e. The second kappa shape index (κ2) is 7.31. The molecular formula is C16H24N2O3. The molecule has 1 saturated heterocycles. The monoisotopic (exact) mass is 292 g/mol. The van der Waals surface area contributed by atoms with Gasteiger partial charge in [0.1, 0.15) is 0 Å². The molecular weight excluding hydrogens is 268 g/mol. The van der Waals surface area contributed by atoms with Crippen molar-refractivity contribution in [1.82, 2.24) is 10.2 Å². The van der Waals surface area contributed by atoms with E-state index in [4.69, 9.17) is 4.74 Å². The van der Waals surface area contributed by atoms with Gasteiger partial charge in [0.15, 0.2) is 11.5 Å². The number of hydrogen-bond donors (Lipinski definition) is 2. The number of aromatic hydroxyl groups is 1. The molecule has 0 aromatic heterocycles. The molecule has 0 bridgehead atoms. The number of amides is 1. The summed E-state index contributed by atoms with van der Waals surface area (Å²) in [5.41, 5.74) is 1.03. The zero-order valence-corrected chi connectivity index (χ0v) is 12.8. The second-order valence-corrected chi connectivity index (χ2v) is 5.44. The van der Waals surface area contributed by atoms with Crippen molar-refractivity contribution in [3.05, 3.63) is 23.8 Å². The highest BCUT2D eigenvalue weighted by Crippen LogP contribution is 2.28. The number of phenols is 1. The number of hydrogen-bond acceptors (Lipinski definition) is 4. The Bertz CT molecular complexity index is 484. The van der Waals surface area contributed by atoms with Crippen LogP contribution in [-0.2, 0) is 4.79 Å². The zero-order valence-electron chi connectivity index (χ0n) is 12.8. The Labute approximate surface area is 125 Å². The van der Waals surface area contributed by atoms with Gasteiger partial charge in [-0.2, -0.15) is 0 Å². The Morgan fingerprint density at radius 3 is 2.81 bits per heavy atom. The summed E-state index contributed by atoms with van der Waals surface area (Å²) in [6.07, 6.45) is 2.78. The molecule has 0 aliphatic carbocycles. The molecule has 1 unspecified atom stereocenters. The molecule has 2 rings (SSSR count). The number of nitrogens with one attached hydrogen (secondary N) is 1. The molecule has 1 aromatic rings. The van der Waals surface area contributed by atoms with E-state index >= 15 is 0 Å². The van der Waals surface area contributed by atoms with E-state index < -0.39 is 0 Å². The lowest BCUT2D eigenvalue weighted by molar-refractivity contribution is -0.130. The molecule has 21 heavy (non-hydrogen) atoms. The van der Waals surface area contributed by atoms with Crippen molar-refractivity contribution in [2.24, 2.45) is 0 Å². The highest BCUT2D eigenvalue weighted by atomic mass is 16.5. The van der Waals surface area contributed by atoms with Gasteiger partial charge >= 0.3 is 0 Å². The Balaban J connectivity index is 1.81. The minimum absolute atomic E-state index is 0.103. The van der Waals surface area contributed by atoms with Gasteiger partial charge < -0.3 is 20.1 Å². The van der Waals surface area contributed by atoms with Crippen LogP contribution in [0.3, 0.4) is 0 Å². The van der Waals surface area contributed by atoms with Gasteiger partial charge in [0, 0.05) is 32.1 Å². The minimum Gasteiger partial charge on any atom is -0.504 e. The van der Waals surface area contributed by atoms with Crippen LogP contribution in [0.2, 0.25) is 0 Å². The molecule has 116 valence electrons. The van der Waals surface area contributed by atoms with Crippen LogP contribution in [-0.4, -0.2) is 42.7 Å². The Morgan fingerprint density at radius 2 is 2.14 bits per heavy atom. The fraction of sp³-hybridized carbons (Fsp3) is 0.562. The number of methoxy groups -OCH3 is 1. The van der Waals surface area contributed by atoms with Crippen molar-refractivity contribution in [1.29, 1.82) is 0 Å². The molecule has 1 amide bonds. The minimum atomic E-state index is 0.103. The molecule has 0 spiro atoms. The number of carbonyl (C=O) groups excluding carboxylic acids is 1. The van der Waals surface area contributed by atoms with Crippen molar-refractivity contribution >= 4 is 5.91 Å². The maximum absolute atomic E-state index is 11.9. The lowest BCUT2D eigenvalue weighted by Gasteiger charge is -2.18. The Morgan fingerprint density at radius 1 is 1.43 bits per heavy atom.